The first kappa shape index (κ1) is 17.3. The van der Waals surface area contributed by atoms with E-state index in [1.54, 1.807) is 0 Å². The van der Waals surface area contributed by atoms with Crippen molar-refractivity contribution in [3.63, 3.8) is 0 Å². The molecule has 7 heteroatoms. The van der Waals surface area contributed by atoms with E-state index in [1.807, 2.05) is 11.8 Å². The summed E-state index contributed by atoms with van der Waals surface area (Å²) in [5.41, 5.74) is -0.661. The number of hydrogen-bond donors (Lipinski definition) is 3. The van der Waals surface area contributed by atoms with Gasteiger partial charge in [0.25, 0.3) is 0 Å². The van der Waals surface area contributed by atoms with Crippen LogP contribution in [0.1, 0.15) is 32.6 Å². The zero-order valence-corrected chi connectivity index (χ0v) is 14.0. The molecule has 0 aromatic rings. The number of urea groups is 1. The fourth-order valence-electron chi connectivity index (χ4n) is 4.12. The van der Waals surface area contributed by atoms with Gasteiger partial charge in [0, 0.05) is 32.7 Å². The SMILES string of the molecule is CCNC(=O)NC1(C(=O)N2C[C@H]3CNC[C@H]3C2)CCCC1.Cl. The van der Waals surface area contributed by atoms with Crippen molar-refractivity contribution < 1.29 is 9.59 Å². The van der Waals surface area contributed by atoms with Gasteiger partial charge < -0.3 is 20.9 Å². The summed E-state index contributed by atoms with van der Waals surface area (Å²) in [6.45, 7) is 6.19. The summed E-state index contributed by atoms with van der Waals surface area (Å²) in [6.07, 6.45) is 3.57. The summed E-state index contributed by atoms with van der Waals surface area (Å²) in [6, 6.07) is -0.214. The van der Waals surface area contributed by atoms with Crippen LogP contribution in [0, 0.1) is 11.8 Å². The molecule has 2 heterocycles. The number of amides is 3. The second-order valence-corrected chi connectivity index (χ2v) is 6.66. The van der Waals surface area contributed by atoms with Crippen LogP contribution >= 0.6 is 12.4 Å². The predicted octanol–water partition coefficient (Wildman–Crippen LogP) is 0.718. The average molecular weight is 331 g/mol. The molecule has 3 rings (SSSR count). The van der Waals surface area contributed by atoms with Gasteiger partial charge in [-0.3, -0.25) is 4.79 Å². The highest BCUT2D eigenvalue weighted by Gasteiger charge is 2.48. The average Bonchev–Trinajstić information content (AvgIpc) is 3.12. The number of nitrogens with one attached hydrogen (secondary N) is 3. The second-order valence-electron chi connectivity index (χ2n) is 6.66. The summed E-state index contributed by atoms with van der Waals surface area (Å²) in [4.78, 5) is 26.9. The Morgan fingerprint density at radius 2 is 1.77 bits per heavy atom. The highest BCUT2D eigenvalue weighted by molar-refractivity contribution is 5.91. The van der Waals surface area contributed by atoms with Crippen molar-refractivity contribution in [2.24, 2.45) is 11.8 Å². The molecular weight excluding hydrogens is 304 g/mol. The highest BCUT2D eigenvalue weighted by atomic mass is 35.5. The van der Waals surface area contributed by atoms with Gasteiger partial charge in [0.15, 0.2) is 0 Å². The molecule has 6 nitrogen and oxygen atoms in total. The third kappa shape index (κ3) is 3.18. The summed E-state index contributed by atoms with van der Waals surface area (Å²) >= 11 is 0. The van der Waals surface area contributed by atoms with E-state index in [2.05, 4.69) is 16.0 Å². The molecule has 0 aromatic heterocycles. The van der Waals surface area contributed by atoms with E-state index >= 15 is 0 Å². The van der Waals surface area contributed by atoms with Gasteiger partial charge in [-0.2, -0.15) is 0 Å². The molecule has 22 heavy (non-hydrogen) atoms. The molecule has 3 aliphatic rings. The molecule has 0 bridgehead atoms. The maximum absolute atomic E-state index is 13.0. The minimum atomic E-state index is -0.661. The molecular formula is C15H27ClN4O2. The normalized spacial score (nSPS) is 28.9. The van der Waals surface area contributed by atoms with Gasteiger partial charge >= 0.3 is 6.03 Å². The van der Waals surface area contributed by atoms with E-state index in [1.165, 1.54) is 0 Å². The molecule has 3 fully saturated rings. The van der Waals surface area contributed by atoms with Crippen LogP contribution < -0.4 is 16.0 Å². The van der Waals surface area contributed by atoms with Gasteiger partial charge in [-0.25, -0.2) is 4.79 Å². The number of rotatable bonds is 3. The Hall–Kier alpha value is -1.01. The summed E-state index contributed by atoms with van der Waals surface area (Å²) in [5, 5.41) is 9.12. The molecule has 2 saturated heterocycles. The fraction of sp³-hybridized carbons (Fsp3) is 0.867. The van der Waals surface area contributed by atoms with E-state index in [4.69, 9.17) is 0 Å². The molecule has 0 spiro atoms. The summed E-state index contributed by atoms with van der Waals surface area (Å²) in [5.74, 6) is 1.33. The molecule has 2 atom stereocenters. The van der Waals surface area contributed by atoms with Crippen LogP contribution in [-0.2, 0) is 4.79 Å². The van der Waals surface area contributed by atoms with E-state index in [0.29, 0.717) is 18.4 Å². The van der Waals surface area contributed by atoms with Gasteiger partial charge in [0.05, 0.1) is 0 Å². The smallest absolute Gasteiger partial charge is 0.315 e. The number of nitrogens with zero attached hydrogens (tertiary/aromatic N) is 1. The number of likely N-dealkylation sites (tertiary alicyclic amines) is 1. The molecule has 126 valence electrons. The first-order valence-corrected chi connectivity index (χ1v) is 8.21. The zero-order chi connectivity index (χ0) is 14.9. The lowest BCUT2D eigenvalue weighted by Crippen LogP contribution is -2.60. The lowest BCUT2D eigenvalue weighted by molar-refractivity contribution is -0.137. The molecule has 0 unspecified atom stereocenters. The van der Waals surface area contributed by atoms with E-state index in [-0.39, 0.29) is 24.3 Å². The lowest BCUT2D eigenvalue weighted by atomic mass is 9.95. The first-order valence-electron chi connectivity index (χ1n) is 8.21. The standard InChI is InChI=1S/C15H26N4O2.ClH/c1-2-17-14(21)18-15(5-3-4-6-15)13(20)19-9-11-7-16-8-12(11)10-19;/h11-12,16H,2-10H2,1H3,(H2,17,18,21);1H/t11-,12+;. The van der Waals surface area contributed by atoms with Gasteiger partial charge in [0.1, 0.15) is 5.54 Å². The molecule has 0 aromatic carbocycles. The molecule has 3 N–H and O–H groups in total. The molecule has 2 aliphatic heterocycles. The Kier molecular flexibility index (Phi) is 5.55. The zero-order valence-electron chi connectivity index (χ0n) is 13.2. The van der Waals surface area contributed by atoms with Crippen molar-refractivity contribution in [2.75, 3.05) is 32.7 Å². The van der Waals surface area contributed by atoms with Crippen LogP contribution in [0.2, 0.25) is 0 Å². The summed E-state index contributed by atoms with van der Waals surface area (Å²) < 4.78 is 0. The number of carbonyl (C=O) groups is 2. The van der Waals surface area contributed by atoms with Gasteiger partial charge in [0.2, 0.25) is 5.91 Å². The van der Waals surface area contributed by atoms with Crippen molar-refractivity contribution in [2.45, 2.75) is 38.1 Å². The Bertz CT molecular complexity index is 414. The molecule has 1 aliphatic carbocycles. The first-order chi connectivity index (χ1) is 10.1. The van der Waals surface area contributed by atoms with Crippen LogP contribution in [0.3, 0.4) is 0 Å². The third-order valence-corrected chi connectivity index (χ3v) is 5.23. The number of carbonyl (C=O) groups excluding carboxylic acids is 2. The highest BCUT2D eigenvalue weighted by Crippen LogP contribution is 2.35. The van der Waals surface area contributed by atoms with E-state index in [9.17, 15) is 9.59 Å². The van der Waals surface area contributed by atoms with Crippen molar-refractivity contribution in [3.8, 4) is 0 Å². The molecule has 1 saturated carbocycles. The van der Waals surface area contributed by atoms with Gasteiger partial charge in [-0.15, -0.1) is 12.4 Å². The summed E-state index contributed by atoms with van der Waals surface area (Å²) in [7, 11) is 0. The minimum absolute atomic E-state index is 0. The maximum atomic E-state index is 13.0. The van der Waals surface area contributed by atoms with E-state index in [0.717, 1.165) is 51.9 Å². The van der Waals surface area contributed by atoms with Crippen LogP contribution in [0.4, 0.5) is 4.79 Å². The Morgan fingerprint density at radius 3 is 2.32 bits per heavy atom. The Labute approximate surface area is 138 Å². The maximum Gasteiger partial charge on any atom is 0.315 e. The van der Waals surface area contributed by atoms with Crippen molar-refractivity contribution in [3.05, 3.63) is 0 Å². The van der Waals surface area contributed by atoms with Crippen molar-refractivity contribution >= 4 is 24.3 Å². The van der Waals surface area contributed by atoms with Crippen LogP contribution in [-0.4, -0.2) is 55.1 Å². The Balaban J connectivity index is 0.00000176. The predicted molar refractivity (Wildman–Crippen MR) is 87.1 cm³/mol. The largest absolute Gasteiger partial charge is 0.340 e. The van der Waals surface area contributed by atoms with E-state index < -0.39 is 5.54 Å². The van der Waals surface area contributed by atoms with Crippen LogP contribution in [0.5, 0.6) is 0 Å². The lowest BCUT2D eigenvalue weighted by Gasteiger charge is -2.33. The van der Waals surface area contributed by atoms with Gasteiger partial charge in [-0.1, -0.05) is 12.8 Å². The Morgan fingerprint density at radius 1 is 1.18 bits per heavy atom. The fourth-order valence-corrected chi connectivity index (χ4v) is 4.12. The van der Waals surface area contributed by atoms with Crippen LogP contribution in [0.15, 0.2) is 0 Å². The number of fused-ring (bicyclic) bond motifs is 1. The third-order valence-electron chi connectivity index (χ3n) is 5.23. The quantitative estimate of drug-likeness (QED) is 0.714. The van der Waals surface area contributed by atoms with Crippen molar-refractivity contribution in [1.82, 2.24) is 20.9 Å². The molecule has 3 amide bonds. The second kappa shape index (κ2) is 7.04. The van der Waals surface area contributed by atoms with Gasteiger partial charge in [-0.05, 0) is 31.6 Å². The minimum Gasteiger partial charge on any atom is -0.340 e. The topological polar surface area (TPSA) is 73.5 Å². The van der Waals surface area contributed by atoms with Crippen LogP contribution in [0.25, 0.3) is 0 Å². The number of halogens is 1. The molecule has 0 radical (unpaired) electrons. The van der Waals surface area contributed by atoms with Crippen molar-refractivity contribution in [1.29, 1.82) is 0 Å². The monoisotopic (exact) mass is 330 g/mol. The number of hydrogen-bond acceptors (Lipinski definition) is 3.